The number of carbonyl (C=O) groups is 2. The van der Waals surface area contributed by atoms with Crippen molar-refractivity contribution in [2.24, 2.45) is 0 Å². The number of nitrogens with zero attached hydrogens (tertiary/aromatic N) is 1. The van der Waals surface area contributed by atoms with Gasteiger partial charge >= 0.3 is 6.03 Å². The Hall–Kier alpha value is -2.08. The summed E-state index contributed by atoms with van der Waals surface area (Å²) in [5, 5.41) is 7.04. The summed E-state index contributed by atoms with van der Waals surface area (Å²) in [6, 6.07) is 5.73. The summed E-state index contributed by atoms with van der Waals surface area (Å²) in [5.41, 5.74) is 2.70. The molecule has 2 rings (SSSR count). The number of ketones is 1. The zero-order valence-electron chi connectivity index (χ0n) is 13.1. The Morgan fingerprint density at radius 3 is 2.73 bits per heavy atom. The maximum Gasteiger partial charge on any atom is 0.314 e. The van der Waals surface area contributed by atoms with E-state index in [0.29, 0.717) is 5.56 Å². The van der Waals surface area contributed by atoms with Gasteiger partial charge in [-0.1, -0.05) is 6.07 Å². The lowest BCUT2D eigenvalue weighted by Crippen LogP contribution is -2.36. The number of urea groups is 1. The number of Topliss-reactive ketones (excluding diaryl/α,β-unsaturated/α-hetero) is 1. The second-order valence-corrected chi connectivity index (χ2v) is 6.15. The van der Waals surface area contributed by atoms with Crippen molar-refractivity contribution >= 4 is 23.2 Å². The largest absolute Gasteiger partial charge is 0.348 e. The highest BCUT2D eigenvalue weighted by molar-refractivity contribution is 7.09. The SMILES string of the molecule is CNC(=O)NCC(=O)c1cc(C)n(CCc2cccs2)c1C. The molecular weight excluding hydrogens is 298 g/mol. The molecular formula is C16H21N3O2S. The van der Waals surface area contributed by atoms with Gasteiger partial charge in [-0.15, -0.1) is 11.3 Å². The van der Waals surface area contributed by atoms with Gasteiger partial charge in [-0.05, 0) is 37.8 Å². The fraction of sp³-hybridized carbons (Fsp3) is 0.375. The summed E-state index contributed by atoms with van der Waals surface area (Å²) in [6.45, 7) is 4.82. The molecule has 2 amide bonds. The minimum Gasteiger partial charge on any atom is -0.348 e. The molecule has 118 valence electrons. The van der Waals surface area contributed by atoms with Crippen LogP contribution in [0.2, 0.25) is 0 Å². The van der Waals surface area contributed by atoms with Gasteiger partial charge in [-0.25, -0.2) is 4.79 Å². The van der Waals surface area contributed by atoms with E-state index in [0.717, 1.165) is 24.4 Å². The van der Waals surface area contributed by atoms with E-state index in [2.05, 4.69) is 32.7 Å². The summed E-state index contributed by atoms with van der Waals surface area (Å²) in [4.78, 5) is 24.7. The lowest BCUT2D eigenvalue weighted by Gasteiger charge is -2.09. The van der Waals surface area contributed by atoms with Crippen molar-refractivity contribution in [1.82, 2.24) is 15.2 Å². The molecule has 6 heteroatoms. The number of hydrogen-bond acceptors (Lipinski definition) is 3. The molecule has 0 unspecified atom stereocenters. The van der Waals surface area contributed by atoms with E-state index in [-0.39, 0.29) is 18.4 Å². The van der Waals surface area contributed by atoms with Crippen LogP contribution in [-0.4, -0.2) is 30.0 Å². The van der Waals surface area contributed by atoms with Gasteiger partial charge in [0.25, 0.3) is 0 Å². The Kier molecular flexibility index (Phi) is 5.38. The molecule has 0 aromatic carbocycles. The number of aromatic nitrogens is 1. The fourth-order valence-corrected chi connectivity index (χ4v) is 3.15. The molecule has 0 aliphatic carbocycles. The molecule has 0 aliphatic rings. The van der Waals surface area contributed by atoms with Crippen LogP contribution in [-0.2, 0) is 13.0 Å². The molecule has 2 N–H and O–H groups in total. The molecule has 2 aromatic rings. The highest BCUT2D eigenvalue weighted by Gasteiger charge is 2.16. The average molecular weight is 319 g/mol. The first kappa shape index (κ1) is 16.3. The Labute approximate surface area is 134 Å². The molecule has 0 saturated heterocycles. The normalized spacial score (nSPS) is 10.5. The predicted molar refractivity (Wildman–Crippen MR) is 88.7 cm³/mol. The van der Waals surface area contributed by atoms with E-state index in [9.17, 15) is 9.59 Å². The summed E-state index contributed by atoms with van der Waals surface area (Å²) in [5.74, 6) is -0.0703. The molecule has 0 fully saturated rings. The van der Waals surface area contributed by atoms with Crippen molar-refractivity contribution in [3.63, 3.8) is 0 Å². The van der Waals surface area contributed by atoms with Crippen LogP contribution in [0.25, 0.3) is 0 Å². The maximum absolute atomic E-state index is 12.2. The van der Waals surface area contributed by atoms with Crippen molar-refractivity contribution in [3.8, 4) is 0 Å². The molecule has 0 spiro atoms. The molecule has 0 saturated carbocycles. The zero-order chi connectivity index (χ0) is 16.1. The lowest BCUT2D eigenvalue weighted by atomic mass is 10.1. The molecule has 5 nitrogen and oxygen atoms in total. The molecule has 0 radical (unpaired) electrons. The van der Waals surface area contributed by atoms with E-state index in [1.54, 1.807) is 11.3 Å². The number of amides is 2. The van der Waals surface area contributed by atoms with Crippen LogP contribution in [0.5, 0.6) is 0 Å². The Morgan fingerprint density at radius 1 is 1.32 bits per heavy atom. The summed E-state index contributed by atoms with van der Waals surface area (Å²) in [6.07, 6.45) is 0.956. The highest BCUT2D eigenvalue weighted by atomic mass is 32.1. The zero-order valence-corrected chi connectivity index (χ0v) is 13.9. The Morgan fingerprint density at radius 2 is 2.09 bits per heavy atom. The number of carbonyl (C=O) groups excluding carboxylic acids is 2. The maximum atomic E-state index is 12.2. The van der Waals surface area contributed by atoms with Gasteiger partial charge in [0.2, 0.25) is 0 Å². The van der Waals surface area contributed by atoms with Gasteiger partial charge in [0.05, 0.1) is 6.54 Å². The van der Waals surface area contributed by atoms with Gasteiger partial charge in [-0.3, -0.25) is 4.79 Å². The topological polar surface area (TPSA) is 63.1 Å². The van der Waals surface area contributed by atoms with Gasteiger partial charge in [-0.2, -0.15) is 0 Å². The van der Waals surface area contributed by atoms with Crippen LogP contribution in [0.4, 0.5) is 4.79 Å². The molecule has 2 heterocycles. The van der Waals surface area contributed by atoms with E-state index < -0.39 is 0 Å². The average Bonchev–Trinajstić information content (AvgIpc) is 3.11. The first-order chi connectivity index (χ1) is 10.5. The number of hydrogen-bond donors (Lipinski definition) is 2. The second-order valence-electron chi connectivity index (χ2n) is 5.12. The fourth-order valence-electron chi connectivity index (χ4n) is 2.45. The lowest BCUT2D eigenvalue weighted by molar-refractivity contribution is 0.0991. The summed E-state index contributed by atoms with van der Waals surface area (Å²) in [7, 11) is 1.52. The third kappa shape index (κ3) is 3.76. The van der Waals surface area contributed by atoms with Crippen molar-refractivity contribution in [3.05, 3.63) is 45.4 Å². The van der Waals surface area contributed by atoms with Crippen molar-refractivity contribution in [2.75, 3.05) is 13.6 Å². The van der Waals surface area contributed by atoms with Crippen molar-refractivity contribution in [2.45, 2.75) is 26.8 Å². The monoisotopic (exact) mass is 319 g/mol. The quantitative estimate of drug-likeness (QED) is 0.804. The number of aryl methyl sites for hydroxylation is 2. The van der Waals surface area contributed by atoms with E-state index >= 15 is 0 Å². The van der Waals surface area contributed by atoms with Gasteiger partial charge in [0.1, 0.15) is 0 Å². The number of rotatable bonds is 6. The molecule has 0 bridgehead atoms. The van der Waals surface area contributed by atoms with E-state index in [1.165, 1.54) is 11.9 Å². The van der Waals surface area contributed by atoms with Crippen LogP contribution < -0.4 is 10.6 Å². The van der Waals surface area contributed by atoms with Crippen LogP contribution in [0, 0.1) is 13.8 Å². The van der Waals surface area contributed by atoms with E-state index in [1.807, 2.05) is 19.9 Å². The Balaban J connectivity index is 2.05. The molecule has 2 aromatic heterocycles. The van der Waals surface area contributed by atoms with Crippen LogP contribution in [0.1, 0.15) is 26.6 Å². The van der Waals surface area contributed by atoms with Crippen molar-refractivity contribution in [1.29, 1.82) is 0 Å². The van der Waals surface area contributed by atoms with Gasteiger partial charge in [0, 0.05) is 35.4 Å². The minimum absolute atomic E-state index is 0.00882. The number of thiophene rings is 1. The standard InChI is InChI=1S/C16H21N3O2S/c1-11-9-14(15(20)10-18-16(21)17-3)12(2)19(11)7-6-13-5-4-8-22-13/h4-5,8-9H,6-7,10H2,1-3H3,(H2,17,18,21). The molecule has 0 aliphatic heterocycles. The summed E-state index contributed by atoms with van der Waals surface area (Å²) >= 11 is 1.75. The Bertz CT molecular complexity index is 659. The minimum atomic E-state index is -0.347. The van der Waals surface area contributed by atoms with E-state index in [4.69, 9.17) is 0 Å². The predicted octanol–water partition coefficient (Wildman–Crippen LogP) is 2.52. The highest BCUT2D eigenvalue weighted by Crippen LogP contribution is 2.18. The second kappa shape index (κ2) is 7.26. The number of nitrogens with one attached hydrogen (secondary N) is 2. The van der Waals surface area contributed by atoms with Crippen LogP contribution in [0.15, 0.2) is 23.6 Å². The molecule has 22 heavy (non-hydrogen) atoms. The molecule has 0 atom stereocenters. The third-order valence-electron chi connectivity index (χ3n) is 3.67. The van der Waals surface area contributed by atoms with Crippen molar-refractivity contribution < 1.29 is 9.59 Å². The first-order valence-corrected chi connectivity index (χ1v) is 8.08. The third-order valence-corrected chi connectivity index (χ3v) is 4.61. The first-order valence-electron chi connectivity index (χ1n) is 7.20. The smallest absolute Gasteiger partial charge is 0.314 e. The van der Waals surface area contributed by atoms with Gasteiger partial charge < -0.3 is 15.2 Å². The van der Waals surface area contributed by atoms with Gasteiger partial charge in [0.15, 0.2) is 5.78 Å². The van der Waals surface area contributed by atoms with Crippen LogP contribution in [0.3, 0.4) is 0 Å². The summed E-state index contributed by atoms with van der Waals surface area (Å²) < 4.78 is 2.16. The van der Waals surface area contributed by atoms with Crippen LogP contribution >= 0.6 is 11.3 Å².